The van der Waals surface area contributed by atoms with Gasteiger partial charge in [0, 0.05) is 7.05 Å². The summed E-state index contributed by atoms with van der Waals surface area (Å²) >= 11 is 0.965. The molecule has 0 saturated carbocycles. The third-order valence-corrected chi connectivity index (χ3v) is 2.70. The topological polar surface area (TPSA) is 110 Å². The van der Waals surface area contributed by atoms with E-state index in [-0.39, 0.29) is 11.7 Å². The molecule has 0 bridgehead atoms. The van der Waals surface area contributed by atoms with Gasteiger partial charge in [0.1, 0.15) is 6.04 Å². The SMILES string of the molecule is CNC(=O)C(C)n1nnnc1SCC(=O)O. The van der Waals surface area contributed by atoms with Gasteiger partial charge in [0.05, 0.1) is 5.75 Å². The van der Waals surface area contributed by atoms with Crippen molar-refractivity contribution >= 4 is 23.6 Å². The van der Waals surface area contributed by atoms with E-state index in [0.717, 1.165) is 11.8 Å². The molecule has 16 heavy (non-hydrogen) atoms. The van der Waals surface area contributed by atoms with Crippen molar-refractivity contribution in [3.63, 3.8) is 0 Å². The number of carbonyl (C=O) groups is 2. The second kappa shape index (κ2) is 5.45. The van der Waals surface area contributed by atoms with Gasteiger partial charge in [-0.1, -0.05) is 11.8 Å². The lowest BCUT2D eigenvalue weighted by Crippen LogP contribution is -2.29. The summed E-state index contributed by atoms with van der Waals surface area (Å²) in [6, 6.07) is -0.573. The van der Waals surface area contributed by atoms with Gasteiger partial charge < -0.3 is 10.4 Å². The summed E-state index contributed by atoms with van der Waals surface area (Å²) in [7, 11) is 1.51. The normalized spacial score (nSPS) is 12.1. The van der Waals surface area contributed by atoms with E-state index in [0.29, 0.717) is 5.16 Å². The minimum absolute atomic E-state index is 0.152. The van der Waals surface area contributed by atoms with Gasteiger partial charge in [0.2, 0.25) is 11.1 Å². The number of rotatable bonds is 5. The van der Waals surface area contributed by atoms with Gasteiger partial charge in [-0.25, -0.2) is 4.68 Å². The molecule has 0 aliphatic carbocycles. The predicted octanol–water partition coefficient (Wildman–Crippen LogP) is -0.843. The quantitative estimate of drug-likeness (QED) is 0.650. The van der Waals surface area contributed by atoms with E-state index in [2.05, 4.69) is 20.8 Å². The molecule has 0 radical (unpaired) electrons. The molecule has 1 heterocycles. The van der Waals surface area contributed by atoms with E-state index in [1.165, 1.54) is 11.7 Å². The Kier molecular flexibility index (Phi) is 4.23. The van der Waals surface area contributed by atoms with E-state index in [1.54, 1.807) is 6.92 Å². The first kappa shape index (κ1) is 12.4. The largest absolute Gasteiger partial charge is 0.481 e. The number of carbonyl (C=O) groups excluding carboxylic acids is 1. The minimum atomic E-state index is -0.966. The van der Waals surface area contributed by atoms with Crippen molar-refractivity contribution in [3.05, 3.63) is 0 Å². The van der Waals surface area contributed by atoms with Crippen molar-refractivity contribution in [2.45, 2.75) is 18.1 Å². The Morgan fingerprint density at radius 3 is 2.88 bits per heavy atom. The summed E-state index contributed by atoms with van der Waals surface area (Å²) in [4.78, 5) is 21.7. The van der Waals surface area contributed by atoms with E-state index >= 15 is 0 Å². The Morgan fingerprint density at radius 2 is 2.31 bits per heavy atom. The number of amides is 1. The van der Waals surface area contributed by atoms with Crippen LogP contribution in [-0.2, 0) is 9.59 Å². The van der Waals surface area contributed by atoms with E-state index < -0.39 is 12.0 Å². The molecule has 0 aromatic carbocycles. The van der Waals surface area contributed by atoms with E-state index in [1.807, 2.05) is 0 Å². The van der Waals surface area contributed by atoms with Crippen LogP contribution in [0.4, 0.5) is 0 Å². The Bertz CT molecular complexity index is 393. The van der Waals surface area contributed by atoms with Crippen LogP contribution in [0.15, 0.2) is 5.16 Å². The highest BCUT2D eigenvalue weighted by Gasteiger charge is 2.19. The fourth-order valence-electron chi connectivity index (χ4n) is 0.970. The molecule has 0 aliphatic heterocycles. The minimum Gasteiger partial charge on any atom is -0.481 e. The first-order chi connectivity index (χ1) is 7.56. The molecule has 1 rings (SSSR count). The molecule has 8 nitrogen and oxygen atoms in total. The van der Waals surface area contributed by atoms with Crippen LogP contribution in [-0.4, -0.2) is 50.0 Å². The highest BCUT2D eigenvalue weighted by Crippen LogP contribution is 2.17. The molecule has 1 atom stereocenters. The number of nitrogens with one attached hydrogen (secondary N) is 1. The molecule has 1 unspecified atom stereocenters. The van der Waals surface area contributed by atoms with Crippen LogP contribution in [0.1, 0.15) is 13.0 Å². The molecule has 0 spiro atoms. The number of carboxylic acids is 1. The average molecular weight is 245 g/mol. The van der Waals surface area contributed by atoms with Gasteiger partial charge in [0.25, 0.3) is 0 Å². The van der Waals surface area contributed by atoms with Crippen LogP contribution in [0.25, 0.3) is 0 Å². The van der Waals surface area contributed by atoms with Crippen molar-refractivity contribution in [1.29, 1.82) is 0 Å². The van der Waals surface area contributed by atoms with Crippen LogP contribution < -0.4 is 5.32 Å². The second-order valence-corrected chi connectivity index (χ2v) is 3.82. The first-order valence-electron chi connectivity index (χ1n) is 4.40. The molecule has 0 saturated heterocycles. The van der Waals surface area contributed by atoms with Crippen LogP contribution in [0.2, 0.25) is 0 Å². The molecule has 9 heteroatoms. The summed E-state index contributed by atoms with van der Waals surface area (Å²) in [5.74, 6) is -1.36. The van der Waals surface area contributed by atoms with Crippen molar-refractivity contribution in [2.75, 3.05) is 12.8 Å². The number of tetrazole rings is 1. The first-order valence-corrected chi connectivity index (χ1v) is 5.39. The molecular formula is C7H11N5O3S. The monoisotopic (exact) mass is 245 g/mol. The number of aromatic nitrogens is 4. The summed E-state index contributed by atoms with van der Waals surface area (Å²) in [5, 5.41) is 22.0. The van der Waals surface area contributed by atoms with E-state index in [4.69, 9.17) is 5.11 Å². The number of hydrogen-bond donors (Lipinski definition) is 2. The fourth-order valence-corrected chi connectivity index (χ4v) is 1.64. The number of nitrogens with zero attached hydrogens (tertiary/aromatic N) is 4. The summed E-state index contributed by atoms with van der Waals surface area (Å²) in [6.07, 6.45) is 0. The number of thioether (sulfide) groups is 1. The Balaban J connectivity index is 2.77. The summed E-state index contributed by atoms with van der Waals surface area (Å²) in [5.41, 5.74) is 0. The molecule has 1 aromatic heterocycles. The van der Waals surface area contributed by atoms with Gasteiger partial charge in [-0.2, -0.15) is 0 Å². The second-order valence-electron chi connectivity index (χ2n) is 2.88. The molecule has 2 N–H and O–H groups in total. The summed E-state index contributed by atoms with van der Waals surface area (Å²) in [6.45, 7) is 1.63. The van der Waals surface area contributed by atoms with Gasteiger partial charge in [-0.05, 0) is 17.4 Å². The van der Waals surface area contributed by atoms with Gasteiger partial charge in [-0.3, -0.25) is 9.59 Å². The van der Waals surface area contributed by atoms with Gasteiger partial charge >= 0.3 is 5.97 Å². The Morgan fingerprint density at radius 1 is 1.62 bits per heavy atom. The molecule has 0 aliphatic rings. The highest BCUT2D eigenvalue weighted by atomic mass is 32.2. The van der Waals surface area contributed by atoms with Crippen LogP contribution in [0.3, 0.4) is 0 Å². The molecular weight excluding hydrogens is 234 g/mol. The molecule has 1 aromatic rings. The van der Waals surface area contributed by atoms with Crippen molar-refractivity contribution in [1.82, 2.24) is 25.5 Å². The lowest BCUT2D eigenvalue weighted by Gasteiger charge is -2.10. The lowest BCUT2D eigenvalue weighted by molar-refractivity contribution is -0.133. The average Bonchev–Trinajstić information content (AvgIpc) is 2.72. The standard InChI is InChI=1S/C7H11N5O3S/c1-4(6(15)8-2)12-7(9-10-11-12)16-3-5(13)14/h4H,3H2,1-2H3,(H,8,15)(H,13,14). The maximum Gasteiger partial charge on any atom is 0.313 e. The third kappa shape index (κ3) is 2.92. The zero-order valence-electron chi connectivity index (χ0n) is 8.75. The van der Waals surface area contributed by atoms with Crippen LogP contribution in [0.5, 0.6) is 0 Å². The summed E-state index contributed by atoms with van der Waals surface area (Å²) < 4.78 is 1.28. The third-order valence-electron chi connectivity index (χ3n) is 1.78. The smallest absolute Gasteiger partial charge is 0.313 e. The Hall–Kier alpha value is -1.64. The zero-order valence-corrected chi connectivity index (χ0v) is 9.56. The highest BCUT2D eigenvalue weighted by molar-refractivity contribution is 7.99. The lowest BCUT2D eigenvalue weighted by atomic mass is 10.3. The number of carboxylic acid groups (broad SMARTS) is 1. The number of likely N-dealkylation sites (N-methyl/N-ethyl adjacent to an activating group) is 1. The molecule has 88 valence electrons. The van der Waals surface area contributed by atoms with Crippen molar-refractivity contribution < 1.29 is 14.7 Å². The maximum absolute atomic E-state index is 11.3. The van der Waals surface area contributed by atoms with E-state index in [9.17, 15) is 9.59 Å². The van der Waals surface area contributed by atoms with Gasteiger partial charge in [-0.15, -0.1) is 5.10 Å². The maximum atomic E-state index is 11.3. The fraction of sp³-hybridized carbons (Fsp3) is 0.571. The van der Waals surface area contributed by atoms with Crippen molar-refractivity contribution in [3.8, 4) is 0 Å². The van der Waals surface area contributed by atoms with Crippen LogP contribution in [0, 0.1) is 0 Å². The zero-order chi connectivity index (χ0) is 12.1. The number of hydrogen-bond acceptors (Lipinski definition) is 6. The number of aliphatic carboxylic acids is 1. The molecule has 0 fully saturated rings. The van der Waals surface area contributed by atoms with Crippen LogP contribution >= 0.6 is 11.8 Å². The van der Waals surface area contributed by atoms with Gasteiger partial charge in [0.15, 0.2) is 0 Å². The predicted molar refractivity (Wildman–Crippen MR) is 55.0 cm³/mol. The molecule has 1 amide bonds. The Labute approximate surface area is 95.4 Å². The van der Waals surface area contributed by atoms with Crippen molar-refractivity contribution in [2.24, 2.45) is 0 Å².